The Labute approximate surface area is 166 Å². The molecule has 3 rings (SSSR count). The van der Waals surface area contributed by atoms with Crippen molar-refractivity contribution >= 4 is 22.8 Å². The zero-order chi connectivity index (χ0) is 20.3. The van der Waals surface area contributed by atoms with Crippen LogP contribution in [-0.2, 0) is 16.1 Å². The Morgan fingerprint density at radius 2 is 1.89 bits per heavy atom. The molecule has 1 saturated carbocycles. The number of ether oxygens (including phenoxy) is 1. The van der Waals surface area contributed by atoms with Crippen LogP contribution in [0, 0.1) is 11.3 Å². The number of para-hydroxylation sites is 1. The van der Waals surface area contributed by atoms with Crippen molar-refractivity contribution in [3.63, 3.8) is 0 Å². The van der Waals surface area contributed by atoms with Gasteiger partial charge in [-0.1, -0.05) is 58.2 Å². The van der Waals surface area contributed by atoms with Gasteiger partial charge in [-0.15, -0.1) is 0 Å². The summed E-state index contributed by atoms with van der Waals surface area (Å²) in [5.74, 6) is -0.193. The van der Waals surface area contributed by atoms with Crippen LogP contribution in [0.15, 0.2) is 24.3 Å². The molecule has 1 amide bonds. The number of amides is 1. The molecule has 1 heterocycles. The first-order valence-corrected chi connectivity index (χ1v) is 10.2. The van der Waals surface area contributed by atoms with Crippen molar-refractivity contribution in [1.29, 1.82) is 0 Å². The molecule has 0 unspecified atom stereocenters. The van der Waals surface area contributed by atoms with Gasteiger partial charge in [-0.25, -0.2) is 4.79 Å². The van der Waals surface area contributed by atoms with Crippen LogP contribution in [0.3, 0.4) is 0 Å². The first-order chi connectivity index (χ1) is 13.3. The van der Waals surface area contributed by atoms with Gasteiger partial charge >= 0.3 is 5.97 Å². The summed E-state index contributed by atoms with van der Waals surface area (Å²) in [5.41, 5.74) is 0.858. The number of nitrogens with zero attached hydrogens (tertiary/aromatic N) is 2. The Morgan fingerprint density at radius 3 is 2.54 bits per heavy atom. The standard InChI is InChI=1S/C22H31N3O3/c1-22(2,3)19(21(27)28-4)23-20(26)18-16-12-8-9-13-17(16)25(24-18)14-15-10-6-5-7-11-15/h8-9,12-13,15,19H,5-7,10-11,14H2,1-4H3,(H,23,26)/t19-/m1/s1. The molecule has 1 N–H and O–H groups in total. The van der Waals surface area contributed by atoms with E-state index in [9.17, 15) is 9.59 Å². The van der Waals surface area contributed by atoms with Crippen LogP contribution in [0.1, 0.15) is 63.4 Å². The van der Waals surface area contributed by atoms with Gasteiger partial charge in [-0.3, -0.25) is 9.48 Å². The highest BCUT2D eigenvalue weighted by atomic mass is 16.5. The predicted molar refractivity (Wildman–Crippen MR) is 109 cm³/mol. The molecule has 1 aliphatic carbocycles. The second kappa shape index (κ2) is 8.33. The third kappa shape index (κ3) is 4.37. The molecule has 0 bridgehead atoms. The minimum atomic E-state index is -0.743. The van der Waals surface area contributed by atoms with E-state index in [0.717, 1.165) is 17.4 Å². The van der Waals surface area contributed by atoms with Crippen molar-refractivity contribution in [3.8, 4) is 0 Å². The predicted octanol–water partition coefficient (Wildman–Crippen LogP) is 3.93. The normalized spacial score (nSPS) is 16.7. The van der Waals surface area contributed by atoms with E-state index in [4.69, 9.17) is 4.74 Å². The van der Waals surface area contributed by atoms with Crippen molar-refractivity contribution in [2.24, 2.45) is 11.3 Å². The van der Waals surface area contributed by atoms with Crippen LogP contribution in [-0.4, -0.2) is 34.8 Å². The van der Waals surface area contributed by atoms with E-state index in [0.29, 0.717) is 11.6 Å². The highest BCUT2D eigenvalue weighted by Gasteiger charge is 2.35. The summed E-state index contributed by atoms with van der Waals surface area (Å²) in [5, 5.41) is 8.31. The van der Waals surface area contributed by atoms with E-state index in [1.807, 2.05) is 49.7 Å². The lowest BCUT2D eigenvalue weighted by Crippen LogP contribution is -2.49. The number of methoxy groups -OCH3 is 1. The third-order valence-corrected chi connectivity index (χ3v) is 5.61. The average Bonchev–Trinajstić information content (AvgIpc) is 3.04. The van der Waals surface area contributed by atoms with Crippen LogP contribution >= 0.6 is 0 Å². The SMILES string of the molecule is COC(=O)[C@@H](NC(=O)c1nn(CC2CCCCC2)c2ccccc12)C(C)(C)C. The molecule has 1 aromatic carbocycles. The fourth-order valence-electron chi connectivity index (χ4n) is 3.99. The molecule has 0 saturated heterocycles. The van der Waals surface area contributed by atoms with Gasteiger partial charge in [0.2, 0.25) is 0 Å². The van der Waals surface area contributed by atoms with Gasteiger partial charge < -0.3 is 10.1 Å². The number of carbonyl (C=O) groups is 2. The molecule has 6 heteroatoms. The quantitative estimate of drug-likeness (QED) is 0.792. The Bertz CT molecular complexity index is 844. The summed E-state index contributed by atoms with van der Waals surface area (Å²) in [6.45, 7) is 6.52. The van der Waals surface area contributed by atoms with Crippen molar-refractivity contribution in [1.82, 2.24) is 15.1 Å². The van der Waals surface area contributed by atoms with Crippen LogP contribution in [0.2, 0.25) is 0 Å². The molecule has 1 aromatic heterocycles. The largest absolute Gasteiger partial charge is 0.467 e. The maximum atomic E-state index is 13.0. The first-order valence-electron chi connectivity index (χ1n) is 10.2. The Morgan fingerprint density at radius 1 is 1.21 bits per heavy atom. The van der Waals surface area contributed by atoms with Gasteiger partial charge in [-0.05, 0) is 30.2 Å². The Balaban J connectivity index is 1.89. The van der Waals surface area contributed by atoms with Crippen molar-refractivity contribution in [3.05, 3.63) is 30.0 Å². The molecule has 0 radical (unpaired) electrons. The average molecular weight is 386 g/mol. The van der Waals surface area contributed by atoms with E-state index in [1.54, 1.807) is 0 Å². The lowest BCUT2D eigenvalue weighted by atomic mass is 9.86. The first kappa shape index (κ1) is 20.4. The number of aromatic nitrogens is 2. The van der Waals surface area contributed by atoms with E-state index in [2.05, 4.69) is 10.4 Å². The van der Waals surface area contributed by atoms with E-state index in [1.165, 1.54) is 39.2 Å². The van der Waals surface area contributed by atoms with Gasteiger partial charge in [0, 0.05) is 11.9 Å². The van der Waals surface area contributed by atoms with E-state index < -0.39 is 17.4 Å². The summed E-state index contributed by atoms with van der Waals surface area (Å²) >= 11 is 0. The molecule has 1 fully saturated rings. The fraction of sp³-hybridized carbons (Fsp3) is 0.591. The van der Waals surface area contributed by atoms with Crippen LogP contribution in [0.4, 0.5) is 0 Å². The Kier molecular flexibility index (Phi) is 6.06. The van der Waals surface area contributed by atoms with Crippen molar-refractivity contribution < 1.29 is 14.3 Å². The molecule has 152 valence electrons. The van der Waals surface area contributed by atoms with E-state index in [-0.39, 0.29) is 5.91 Å². The highest BCUT2D eigenvalue weighted by molar-refractivity contribution is 6.06. The maximum absolute atomic E-state index is 13.0. The number of carbonyl (C=O) groups excluding carboxylic acids is 2. The molecule has 0 aliphatic heterocycles. The second-order valence-corrected chi connectivity index (χ2v) is 8.85. The smallest absolute Gasteiger partial charge is 0.328 e. The van der Waals surface area contributed by atoms with Gasteiger partial charge in [0.25, 0.3) is 5.91 Å². The summed E-state index contributed by atoms with van der Waals surface area (Å²) < 4.78 is 6.85. The zero-order valence-corrected chi connectivity index (χ0v) is 17.3. The number of nitrogens with one attached hydrogen (secondary N) is 1. The number of rotatable bonds is 5. The second-order valence-electron chi connectivity index (χ2n) is 8.85. The molecular weight excluding hydrogens is 354 g/mol. The monoisotopic (exact) mass is 385 g/mol. The van der Waals surface area contributed by atoms with Gasteiger partial charge in [0.1, 0.15) is 6.04 Å². The molecule has 2 aromatic rings. The molecule has 1 atom stereocenters. The number of esters is 1. The molecule has 6 nitrogen and oxygen atoms in total. The maximum Gasteiger partial charge on any atom is 0.328 e. The minimum absolute atomic E-state index is 0.344. The highest BCUT2D eigenvalue weighted by Crippen LogP contribution is 2.28. The topological polar surface area (TPSA) is 73.2 Å². The fourth-order valence-corrected chi connectivity index (χ4v) is 3.99. The van der Waals surface area contributed by atoms with Gasteiger partial charge in [-0.2, -0.15) is 5.10 Å². The lowest BCUT2D eigenvalue weighted by molar-refractivity contribution is -0.145. The molecule has 1 aliphatic rings. The summed E-state index contributed by atoms with van der Waals surface area (Å²) in [6, 6.07) is 7.05. The van der Waals surface area contributed by atoms with Gasteiger partial charge in [0.05, 0.1) is 12.6 Å². The summed E-state index contributed by atoms with van der Waals surface area (Å²) in [7, 11) is 1.33. The lowest BCUT2D eigenvalue weighted by Gasteiger charge is -2.28. The number of hydrogen-bond acceptors (Lipinski definition) is 4. The van der Waals surface area contributed by atoms with Gasteiger partial charge in [0.15, 0.2) is 5.69 Å². The van der Waals surface area contributed by atoms with E-state index >= 15 is 0 Å². The minimum Gasteiger partial charge on any atom is -0.467 e. The zero-order valence-electron chi connectivity index (χ0n) is 17.3. The molecule has 0 spiro atoms. The van der Waals surface area contributed by atoms with Crippen LogP contribution < -0.4 is 5.32 Å². The number of fused-ring (bicyclic) bond motifs is 1. The van der Waals surface area contributed by atoms with Crippen molar-refractivity contribution in [2.45, 2.75) is 65.5 Å². The van der Waals surface area contributed by atoms with Crippen molar-refractivity contribution in [2.75, 3.05) is 7.11 Å². The molecular formula is C22H31N3O3. The van der Waals surface area contributed by atoms with Crippen LogP contribution in [0.25, 0.3) is 10.9 Å². The number of hydrogen-bond donors (Lipinski definition) is 1. The molecule has 28 heavy (non-hydrogen) atoms. The Hall–Kier alpha value is -2.37. The summed E-state index contributed by atoms with van der Waals surface area (Å²) in [4.78, 5) is 25.2. The summed E-state index contributed by atoms with van der Waals surface area (Å²) in [6.07, 6.45) is 6.27. The van der Waals surface area contributed by atoms with Crippen LogP contribution in [0.5, 0.6) is 0 Å². The third-order valence-electron chi connectivity index (χ3n) is 5.61. The number of benzene rings is 1.